The number of ether oxygens (including phenoxy) is 1. The van der Waals surface area contributed by atoms with Crippen LogP contribution in [0.25, 0.3) is 10.8 Å². The minimum Gasteiger partial charge on any atom is -0.496 e. The molecule has 0 bridgehead atoms. The molecule has 0 aliphatic rings. The number of amidine groups is 1. The second kappa shape index (κ2) is 9.64. The van der Waals surface area contributed by atoms with Gasteiger partial charge in [0.05, 0.1) is 18.5 Å². The molecule has 6 heteroatoms. The third-order valence-electron chi connectivity index (χ3n) is 5.16. The Labute approximate surface area is 189 Å². The second-order valence-corrected chi connectivity index (χ2v) is 8.74. The number of hydrogen-bond donors (Lipinski definition) is 3. The number of rotatable bonds is 5. The summed E-state index contributed by atoms with van der Waals surface area (Å²) in [7, 11) is 1.62. The first-order valence-corrected chi connectivity index (χ1v) is 10.5. The van der Waals surface area contributed by atoms with E-state index in [2.05, 4.69) is 15.6 Å². The van der Waals surface area contributed by atoms with Gasteiger partial charge in [-0.3, -0.25) is 5.32 Å². The highest BCUT2D eigenvalue weighted by Gasteiger charge is 2.20. The van der Waals surface area contributed by atoms with Crippen LogP contribution in [0.3, 0.4) is 0 Å². The van der Waals surface area contributed by atoms with Gasteiger partial charge < -0.3 is 15.5 Å². The van der Waals surface area contributed by atoms with Gasteiger partial charge in [0.1, 0.15) is 11.6 Å². The maximum absolute atomic E-state index is 12.9. The van der Waals surface area contributed by atoms with E-state index in [1.54, 1.807) is 7.11 Å². The second-order valence-electron chi connectivity index (χ2n) is 8.74. The van der Waals surface area contributed by atoms with Crippen LogP contribution in [0.15, 0.2) is 65.7 Å². The Bertz CT molecular complexity index is 1160. The van der Waals surface area contributed by atoms with E-state index in [0.717, 1.165) is 27.8 Å². The highest BCUT2D eigenvalue weighted by atomic mass is 16.5. The molecule has 3 aromatic carbocycles. The molecule has 2 amide bonds. The average Bonchev–Trinajstić information content (AvgIpc) is 2.75. The molecule has 166 valence electrons. The lowest BCUT2D eigenvalue weighted by atomic mass is 9.88. The Balaban J connectivity index is 1.86. The maximum Gasteiger partial charge on any atom is 0.324 e. The molecule has 0 aromatic heterocycles. The van der Waals surface area contributed by atoms with Crippen molar-refractivity contribution in [2.45, 2.75) is 34.1 Å². The summed E-state index contributed by atoms with van der Waals surface area (Å²) in [5.74, 6) is 1.16. The minimum absolute atomic E-state index is 0.244. The van der Waals surface area contributed by atoms with E-state index in [1.165, 1.54) is 0 Å². The number of hydrogen-bond acceptors (Lipinski definition) is 4. The molecular weight excluding hydrogens is 400 g/mol. The summed E-state index contributed by atoms with van der Waals surface area (Å²) < 4.78 is 5.43. The van der Waals surface area contributed by atoms with E-state index < -0.39 is 6.03 Å². The molecule has 3 aromatic rings. The number of nitrogens with one attached hydrogen (secondary N) is 3. The molecule has 0 saturated heterocycles. The van der Waals surface area contributed by atoms with Crippen molar-refractivity contribution in [3.63, 3.8) is 0 Å². The molecule has 0 unspecified atom stereocenters. The minimum atomic E-state index is -0.409. The fraction of sp³-hybridized carbons (Fsp3) is 0.269. The van der Waals surface area contributed by atoms with E-state index in [4.69, 9.17) is 10.1 Å². The number of carbonyl (C=O) groups is 1. The molecule has 0 aliphatic heterocycles. The molecule has 0 spiro atoms. The van der Waals surface area contributed by atoms with Crippen molar-refractivity contribution < 1.29 is 9.53 Å². The lowest BCUT2D eigenvalue weighted by molar-refractivity contribution is 0.256. The molecule has 0 atom stereocenters. The average molecular weight is 431 g/mol. The Morgan fingerprint density at radius 2 is 1.66 bits per heavy atom. The summed E-state index contributed by atoms with van der Waals surface area (Å²) in [4.78, 5) is 17.5. The van der Waals surface area contributed by atoms with Crippen LogP contribution in [0.1, 0.15) is 32.8 Å². The largest absolute Gasteiger partial charge is 0.496 e. The lowest BCUT2D eigenvalue weighted by Crippen LogP contribution is -2.37. The smallest absolute Gasteiger partial charge is 0.324 e. The molecule has 3 N–H and O–H groups in total. The standard InChI is InChI=1S/C26H30N4O2/c1-17-10-12-18(13-11-17)28-24(16-23(27)26(2,3)4)30-25(31)29-21-14-15-22(32-5)20-9-7-6-8-19(20)21/h6-15,27H,16H2,1-5H3,(H2,28,29,30,31). The SMILES string of the molecule is COc1ccc(NC(=O)NC(CC(=N)C(C)(C)C)=Nc2ccc(C)cc2)c2ccccc12. The molecule has 32 heavy (non-hydrogen) atoms. The van der Waals surface area contributed by atoms with Gasteiger partial charge in [0, 0.05) is 22.9 Å². The van der Waals surface area contributed by atoms with Crippen LogP contribution in [0.2, 0.25) is 0 Å². The predicted molar refractivity (Wildman–Crippen MR) is 133 cm³/mol. The van der Waals surface area contributed by atoms with Gasteiger partial charge in [-0.25, -0.2) is 9.79 Å². The monoisotopic (exact) mass is 430 g/mol. The van der Waals surface area contributed by atoms with Crippen molar-refractivity contribution in [2.24, 2.45) is 10.4 Å². The summed E-state index contributed by atoms with van der Waals surface area (Å²) in [5, 5.41) is 16.0. The number of benzene rings is 3. The van der Waals surface area contributed by atoms with Crippen molar-refractivity contribution in [3.8, 4) is 5.75 Å². The van der Waals surface area contributed by atoms with Crippen molar-refractivity contribution in [2.75, 3.05) is 12.4 Å². The highest BCUT2D eigenvalue weighted by Crippen LogP contribution is 2.31. The summed E-state index contributed by atoms with van der Waals surface area (Å²) in [6, 6.07) is 18.7. The Morgan fingerprint density at radius 1 is 1.00 bits per heavy atom. The summed E-state index contributed by atoms with van der Waals surface area (Å²) >= 11 is 0. The van der Waals surface area contributed by atoms with Crippen LogP contribution in [-0.4, -0.2) is 24.7 Å². The van der Waals surface area contributed by atoms with Crippen LogP contribution in [0.5, 0.6) is 5.75 Å². The Kier molecular flexibility index (Phi) is 6.93. The van der Waals surface area contributed by atoms with Gasteiger partial charge in [-0.15, -0.1) is 0 Å². The molecule has 0 saturated carbocycles. The van der Waals surface area contributed by atoms with Gasteiger partial charge >= 0.3 is 6.03 Å². The van der Waals surface area contributed by atoms with Gasteiger partial charge in [0.25, 0.3) is 0 Å². The number of aliphatic imine (C=N–C) groups is 1. The van der Waals surface area contributed by atoms with Crippen LogP contribution in [0.4, 0.5) is 16.2 Å². The zero-order chi connectivity index (χ0) is 23.3. The third-order valence-corrected chi connectivity index (χ3v) is 5.16. The fourth-order valence-corrected chi connectivity index (χ4v) is 3.16. The topological polar surface area (TPSA) is 86.6 Å². The van der Waals surface area contributed by atoms with Gasteiger partial charge in [-0.05, 0) is 36.6 Å². The first-order chi connectivity index (χ1) is 15.2. The molecule has 0 fully saturated rings. The Morgan fingerprint density at radius 3 is 2.28 bits per heavy atom. The van der Waals surface area contributed by atoms with E-state index in [-0.39, 0.29) is 11.8 Å². The van der Waals surface area contributed by atoms with E-state index in [1.807, 2.05) is 88.4 Å². The van der Waals surface area contributed by atoms with Crippen LogP contribution < -0.4 is 15.4 Å². The quantitative estimate of drug-likeness (QED) is 0.320. The Hall–Kier alpha value is -3.67. The number of urea groups is 1. The summed E-state index contributed by atoms with van der Waals surface area (Å²) in [5.41, 5.74) is 2.68. The maximum atomic E-state index is 12.9. The number of amides is 2. The van der Waals surface area contributed by atoms with Crippen LogP contribution in [-0.2, 0) is 0 Å². The first kappa shape index (κ1) is 23.0. The molecule has 3 rings (SSSR count). The number of fused-ring (bicyclic) bond motifs is 1. The highest BCUT2D eigenvalue weighted by molar-refractivity contribution is 6.13. The number of nitrogens with zero attached hydrogens (tertiary/aromatic N) is 1. The van der Waals surface area contributed by atoms with E-state index >= 15 is 0 Å². The molecular formula is C26H30N4O2. The fourth-order valence-electron chi connectivity index (χ4n) is 3.16. The third kappa shape index (κ3) is 5.72. The lowest BCUT2D eigenvalue weighted by Gasteiger charge is -2.21. The first-order valence-electron chi connectivity index (χ1n) is 10.5. The zero-order valence-electron chi connectivity index (χ0n) is 19.2. The number of methoxy groups -OCH3 is 1. The van der Waals surface area contributed by atoms with E-state index in [9.17, 15) is 4.79 Å². The number of carbonyl (C=O) groups excluding carboxylic acids is 1. The van der Waals surface area contributed by atoms with Gasteiger partial charge in [0.15, 0.2) is 0 Å². The molecule has 0 aliphatic carbocycles. The van der Waals surface area contributed by atoms with E-state index in [0.29, 0.717) is 17.2 Å². The van der Waals surface area contributed by atoms with Gasteiger partial charge in [0.2, 0.25) is 0 Å². The predicted octanol–water partition coefficient (Wildman–Crippen LogP) is 6.46. The van der Waals surface area contributed by atoms with Gasteiger partial charge in [-0.1, -0.05) is 62.7 Å². The van der Waals surface area contributed by atoms with Crippen LogP contribution in [0, 0.1) is 17.7 Å². The van der Waals surface area contributed by atoms with Crippen LogP contribution >= 0.6 is 0 Å². The zero-order valence-corrected chi connectivity index (χ0v) is 19.2. The van der Waals surface area contributed by atoms with Gasteiger partial charge in [-0.2, -0.15) is 0 Å². The van der Waals surface area contributed by atoms with Crippen molar-refractivity contribution >= 4 is 39.7 Å². The number of aryl methyl sites for hydroxylation is 1. The number of anilines is 1. The molecule has 0 radical (unpaired) electrons. The normalized spacial score (nSPS) is 11.8. The van der Waals surface area contributed by atoms with Crippen molar-refractivity contribution in [1.29, 1.82) is 5.41 Å². The summed E-state index contributed by atoms with van der Waals surface area (Å²) in [6.07, 6.45) is 0.244. The summed E-state index contributed by atoms with van der Waals surface area (Å²) in [6.45, 7) is 7.93. The van der Waals surface area contributed by atoms with Crippen molar-refractivity contribution in [3.05, 3.63) is 66.2 Å². The molecule has 6 nitrogen and oxygen atoms in total. The van der Waals surface area contributed by atoms with Crippen molar-refractivity contribution in [1.82, 2.24) is 5.32 Å². The molecule has 0 heterocycles.